The highest BCUT2D eigenvalue weighted by molar-refractivity contribution is 5.86. The monoisotopic (exact) mass is 456 g/mol. The maximum atomic E-state index is 5.94. The number of rotatable bonds is 7. The molecule has 7 nitrogen and oxygen atoms in total. The highest BCUT2D eigenvalue weighted by atomic mass is 16.5. The molecule has 4 heterocycles. The van der Waals surface area contributed by atoms with Crippen molar-refractivity contribution in [3.63, 3.8) is 0 Å². The number of nitrogens with one attached hydrogen (secondary N) is 1. The number of hydrogen-bond donors (Lipinski definition) is 1. The molecule has 1 saturated heterocycles. The van der Waals surface area contributed by atoms with Crippen LogP contribution in [-0.4, -0.2) is 53.0 Å². The fraction of sp³-hybridized carbons (Fsp3) is 0.370. The number of anilines is 2. The van der Waals surface area contributed by atoms with Crippen molar-refractivity contribution < 1.29 is 4.74 Å². The molecule has 1 aromatic carbocycles. The first-order valence-corrected chi connectivity index (χ1v) is 12.2. The average Bonchev–Trinajstić information content (AvgIpc) is 3.13. The van der Waals surface area contributed by atoms with Crippen LogP contribution in [0, 0.1) is 5.92 Å². The Labute approximate surface area is 200 Å². The lowest BCUT2D eigenvalue weighted by molar-refractivity contribution is 0.290. The zero-order chi connectivity index (χ0) is 23.3. The number of ether oxygens (including phenoxy) is 1. The van der Waals surface area contributed by atoms with Gasteiger partial charge < -0.3 is 19.5 Å². The summed E-state index contributed by atoms with van der Waals surface area (Å²) in [6.45, 7) is 9.01. The van der Waals surface area contributed by atoms with E-state index in [2.05, 4.69) is 74.1 Å². The summed E-state index contributed by atoms with van der Waals surface area (Å²) in [5.74, 6) is 2.50. The van der Waals surface area contributed by atoms with Crippen LogP contribution >= 0.6 is 0 Å². The Morgan fingerprint density at radius 1 is 0.971 bits per heavy atom. The second-order valence-electron chi connectivity index (χ2n) is 9.27. The summed E-state index contributed by atoms with van der Waals surface area (Å²) in [5.41, 5.74) is 4.26. The lowest BCUT2D eigenvalue weighted by atomic mass is 10.1. The van der Waals surface area contributed by atoms with Gasteiger partial charge in [0.1, 0.15) is 5.75 Å². The minimum Gasteiger partial charge on any atom is -0.494 e. The third kappa shape index (κ3) is 5.14. The second kappa shape index (κ2) is 10.1. The van der Waals surface area contributed by atoms with Crippen LogP contribution in [0.25, 0.3) is 22.3 Å². The smallest absolute Gasteiger partial charge is 0.151 e. The molecule has 0 bridgehead atoms. The summed E-state index contributed by atoms with van der Waals surface area (Å²) in [6, 6.07) is 16.7. The largest absolute Gasteiger partial charge is 0.494 e. The van der Waals surface area contributed by atoms with Crippen LogP contribution in [0.5, 0.6) is 5.75 Å². The van der Waals surface area contributed by atoms with E-state index in [4.69, 9.17) is 4.74 Å². The number of hydrogen-bond acceptors (Lipinski definition) is 6. The highest BCUT2D eigenvalue weighted by Crippen LogP contribution is 2.28. The van der Waals surface area contributed by atoms with Crippen LogP contribution < -0.4 is 14.5 Å². The highest BCUT2D eigenvalue weighted by Gasteiger charge is 2.17. The second-order valence-corrected chi connectivity index (χ2v) is 9.27. The summed E-state index contributed by atoms with van der Waals surface area (Å²) in [4.78, 5) is 12.9. The molecule has 0 spiro atoms. The van der Waals surface area contributed by atoms with Crippen molar-refractivity contribution >= 4 is 22.4 Å². The van der Waals surface area contributed by atoms with Crippen molar-refractivity contribution in [3.8, 4) is 17.1 Å². The summed E-state index contributed by atoms with van der Waals surface area (Å²) < 4.78 is 5.94. The van der Waals surface area contributed by atoms with Gasteiger partial charge in [-0.25, -0.2) is 0 Å². The van der Waals surface area contributed by atoms with Crippen LogP contribution in [0.4, 0.5) is 11.5 Å². The van der Waals surface area contributed by atoms with Gasteiger partial charge in [0.2, 0.25) is 0 Å². The van der Waals surface area contributed by atoms with Gasteiger partial charge in [-0.3, -0.25) is 4.98 Å². The average molecular weight is 457 g/mol. The molecule has 0 saturated carbocycles. The van der Waals surface area contributed by atoms with Crippen LogP contribution in [0.3, 0.4) is 0 Å². The third-order valence-electron chi connectivity index (χ3n) is 6.32. The summed E-state index contributed by atoms with van der Waals surface area (Å²) in [6.07, 6.45) is 5.75. The maximum Gasteiger partial charge on any atom is 0.151 e. The first kappa shape index (κ1) is 22.2. The third-order valence-corrected chi connectivity index (χ3v) is 6.32. The molecular weight excluding hydrogens is 424 g/mol. The molecule has 0 amide bonds. The number of pyridine rings is 1. The lowest BCUT2D eigenvalue weighted by Crippen LogP contribution is -2.31. The van der Waals surface area contributed by atoms with Gasteiger partial charge in [-0.05, 0) is 67.3 Å². The Hall–Kier alpha value is -3.61. The normalized spacial score (nSPS) is 14.6. The Morgan fingerprint density at radius 3 is 2.71 bits per heavy atom. The number of fused-ring (bicyclic) bond motifs is 1. The molecule has 0 radical (unpaired) electrons. The summed E-state index contributed by atoms with van der Waals surface area (Å²) >= 11 is 0. The van der Waals surface area contributed by atoms with Gasteiger partial charge in [0.25, 0.3) is 0 Å². The molecule has 3 aromatic heterocycles. The fourth-order valence-electron chi connectivity index (χ4n) is 4.38. The molecule has 34 heavy (non-hydrogen) atoms. The van der Waals surface area contributed by atoms with E-state index in [-0.39, 0.29) is 0 Å². The number of aromatic nitrogens is 4. The van der Waals surface area contributed by atoms with E-state index in [1.807, 2.05) is 24.4 Å². The molecule has 1 aliphatic heterocycles. The van der Waals surface area contributed by atoms with Gasteiger partial charge >= 0.3 is 0 Å². The SMILES string of the molecule is CC(C)CCOc1ccc2[nH]c(-c3cc(N4CCCN(c5cccnn5)CC4)ccn3)cc2c1. The summed E-state index contributed by atoms with van der Waals surface area (Å²) in [7, 11) is 0. The van der Waals surface area contributed by atoms with Crippen LogP contribution in [0.1, 0.15) is 26.7 Å². The molecule has 176 valence electrons. The number of H-pyrrole nitrogens is 1. The van der Waals surface area contributed by atoms with Crippen LogP contribution in [0.15, 0.2) is 60.9 Å². The van der Waals surface area contributed by atoms with Crippen LogP contribution in [-0.2, 0) is 0 Å². The van der Waals surface area contributed by atoms with Crippen molar-refractivity contribution in [2.45, 2.75) is 26.7 Å². The van der Waals surface area contributed by atoms with E-state index >= 15 is 0 Å². The Morgan fingerprint density at radius 2 is 1.85 bits per heavy atom. The molecule has 1 N–H and O–H groups in total. The molecular formula is C27H32N6O. The van der Waals surface area contributed by atoms with E-state index in [0.29, 0.717) is 5.92 Å². The first-order valence-electron chi connectivity index (χ1n) is 12.2. The molecule has 1 aliphatic rings. The maximum absolute atomic E-state index is 5.94. The minimum atomic E-state index is 0.639. The van der Waals surface area contributed by atoms with Gasteiger partial charge in [0, 0.05) is 55.2 Å². The zero-order valence-corrected chi connectivity index (χ0v) is 19.9. The Bertz CT molecular complexity index is 1220. The van der Waals surface area contributed by atoms with Gasteiger partial charge in [-0.1, -0.05) is 13.8 Å². The molecule has 0 unspecified atom stereocenters. The summed E-state index contributed by atoms with van der Waals surface area (Å²) in [5, 5.41) is 9.45. The van der Waals surface area contributed by atoms with E-state index in [1.54, 1.807) is 6.20 Å². The van der Waals surface area contributed by atoms with E-state index in [1.165, 1.54) is 5.69 Å². The molecule has 5 rings (SSSR count). The molecule has 7 heteroatoms. The molecule has 1 fully saturated rings. The standard InChI is InChI=1S/C27H32N6O/c1-20(2)9-16-34-23-6-7-24-21(17-23)18-26(30-24)25-19-22(8-11-28-25)32-12-4-13-33(15-14-32)27-5-3-10-29-31-27/h3,5-8,10-11,17-20,30H,4,9,12-16H2,1-2H3. The van der Waals surface area contributed by atoms with Crippen molar-refractivity contribution in [1.29, 1.82) is 0 Å². The van der Waals surface area contributed by atoms with E-state index < -0.39 is 0 Å². The fourth-order valence-corrected chi connectivity index (χ4v) is 4.38. The van der Waals surface area contributed by atoms with Crippen LogP contribution in [0.2, 0.25) is 0 Å². The Kier molecular flexibility index (Phi) is 6.60. The lowest BCUT2D eigenvalue weighted by Gasteiger charge is -2.24. The van der Waals surface area contributed by atoms with Gasteiger partial charge in [0.15, 0.2) is 5.82 Å². The number of nitrogens with zero attached hydrogens (tertiary/aromatic N) is 5. The van der Waals surface area contributed by atoms with E-state index in [9.17, 15) is 0 Å². The van der Waals surface area contributed by atoms with Gasteiger partial charge in [-0.2, -0.15) is 5.10 Å². The quantitative estimate of drug-likeness (QED) is 0.414. The topological polar surface area (TPSA) is 70.2 Å². The Balaban J connectivity index is 1.30. The van der Waals surface area contributed by atoms with Crippen molar-refractivity contribution in [3.05, 3.63) is 60.9 Å². The number of benzene rings is 1. The zero-order valence-electron chi connectivity index (χ0n) is 19.9. The predicted octanol–water partition coefficient (Wildman–Crippen LogP) is 5.16. The first-order chi connectivity index (χ1) is 16.7. The predicted molar refractivity (Wildman–Crippen MR) is 138 cm³/mol. The van der Waals surface area contributed by atoms with Crippen molar-refractivity contribution in [2.75, 3.05) is 42.6 Å². The number of aromatic amines is 1. The molecule has 0 aliphatic carbocycles. The van der Waals surface area contributed by atoms with Gasteiger partial charge in [0.05, 0.1) is 18.0 Å². The van der Waals surface area contributed by atoms with Crippen molar-refractivity contribution in [2.24, 2.45) is 5.92 Å². The van der Waals surface area contributed by atoms with Gasteiger partial charge in [-0.15, -0.1) is 5.10 Å². The van der Waals surface area contributed by atoms with E-state index in [0.717, 1.165) is 79.5 Å². The minimum absolute atomic E-state index is 0.639. The van der Waals surface area contributed by atoms with Crippen molar-refractivity contribution in [1.82, 2.24) is 20.2 Å². The molecule has 4 aromatic rings. The molecule has 0 atom stereocenters.